The zero-order chi connectivity index (χ0) is 23.4. The number of carbonyl (C=O) groups is 2. The second-order valence-corrected chi connectivity index (χ2v) is 8.10. The fraction of sp³-hybridized carbons (Fsp3) is 0.240. The Morgan fingerprint density at radius 2 is 1.94 bits per heavy atom. The normalized spacial score (nSPS) is 10.5. The van der Waals surface area contributed by atoms with Crippen molar-refractivity contribution in [2.45, 2.75) is 27.2 Å². The Hall–Kier alpha value is -3.56. The van der Waals surface area contributed by atoms with Gasteiger partial charge in [-0.1, -0.05) is 29.7 Å². The second kappa shape index (κ2) is 9.71. The van der Waals surface area contributed by atoms with Crippen LogP contribution in [0.3, 0.4) is 0 Å². The van der Waals surface area contributed by atoms with Gasteiger partial charge >= 0.3 is 0 Å². The Kier molecular flexibility index (Phi) is 7.01. The number of aromatic nitrogens is 2. The number of likely N-dealkylation sites (N-methyl/N-ethyl adjacent to an activating group) is 1. The number of nitrogens with one attached hydrogen (secondary N) is 1. The van der Waals surface area contributed by atoms with E-state index in [4.69, 9.17) is 18.0 Å². The summed E-state index contributed by atoms with van der Waals surface area (Å²) in [7, 11) is 1.61. The first-order chi connectivity index (χ1) is 15.2. The first-order valence-corrected chi connectivity index (χ1v) is 10.5. The molecule has 2 amide bonds. The summed E-state index contributed by atoms with van der Waals surface area (Å²) in [5.41, 5.74) is 5.54. The Morgan fingerprint density at radius 1 is 1.19 bits per heavy atom. The number of rotatable bonds is 6. The molecule has 0 unspecified atom stereocenters. The fourth-order valence-corrected chi connectivity index (χ4v) is 3.55. The number of amides is 2. The van der Waals surface area contributed by atoms with E-state index in [0.717, 1.165) is 28.2 Å². The number of hydrogen-bond acceptors (Lipinski definition) is 3. The standard InChI is InChI=1S/C25H25ClN4O2/c1-6-19-8-7-9-20(12-19)27-24(31)15-29(5)25(32)14-22-17(3)28-30(18(22)4)21-11-10-16(2)23(26)13-21/h1,7-13H,14-15H2,2-5H3,(H,27,31). The number of benzene rings is 2. The van der Waals surface area contributed by atoms with Crippen molar-refractivity contribution < 1.29 is 9.59 Å². The predicted molar refractivity (Wildman–Crippen MR) is 127 cm³/mol. The minimum atomic E-state index is -0.298. The summed E-state index contributed by atoms with van der Waals surface area (Å²) < 4.78 is 1.79. The molecule has 0 aliphatic rings. The summed E-state index contributed by atoms with van der Waals surface area (Å²) in [6.07, 6.45) is 5.54. The van der Waals surface area contributed by atoms with Gasteiger partial charge in [0.1, 0.15) is 0 Å². The van der Waals surface area contributed by atoms with Gasteiger partial charge in [0.25, 0.3) is 0 Å². The highest BCUT2D eigenvalue weighted by atomic mass is 35.5. The number of terminal acetylenes is 1. The third kappa shape index (κ3) is 5.19. The summed E-state index contributed by atoms with van der Waals surface area (Å²) in [5, 5.41) is 8.01. The van der Waals surface area contributed by atoms with Crippen molar-refractivity contribution in [2.75, 3.05) is 18.9 Å². The Balaban J connectivity index is 1.68. The van der Waals surface area contributed by atoms with Crippen LogP contribution in [0.5, 0.6) is 0 Å². The lowest BCUT2D eigenvalue weighted by molar-refractivity contribution is -0.132. The molecule has 0 bridgehead atoms. The number of aryl methyl sites for hydroxylation is 2. The molecule has 0 saturated carbocycles. The van der Waals surface area contributed by atoms with Crippen molar-refractivity contribution in [3.63, 3.8) is 0 Å². The molecule has 0 aliphatic heterocycles. The van der Waals surface area contributed by atoms with E-state index in [-0.39, 0.29) is 24.8 Å². The largest absolute Gasteiger partial charge is 0.336 e. The maximum Gasteiger partial charge on any atom is 0.243 e. The topological polar surface area (TPSA) is 67.2 Å². The number of anilines is 1. The van der Waals surface area contributed by atoms with Crippen LogP contribution in [0, 0.1) is 33.1 Å². The molecule has 2 aromatic carbocycles. The molecular formula is C25H25ClN4O2. The van der Waals surface area contributed by atoms with Crippen LogP contribution in [0.4, 0.5) is 5.69 Å². The minimum absolute atomic E-state index is 0.0705. The van der Waals surface area contributed by atoms with Crippen molar-refractivity contribution >= 4 is 29.1 Å². The molecular weight excluding hydrogens is 424 g/mol. The van der Waals surface area contributed by atoms with Crippen molar-refractivity contribution in [1.82, 2.24) is 14.7 Å². The maximum absolute atomic E-state index is 12.8. The van der Waals surface area contributed by atoms with Crippen molar-refractivity contribution in [1.29, 1.82) is 0 Å². The molecule has 1 heterocycles. The quantitative estimate of drug-likeness (QED) is 0.578. The average molecular weight is 449 g/mol. The van der Waals surface area contributed by atoms with E-state index in [1.807, 2.05) is 39.0 Å². The SMILES string of the molecule is C#Cc1cccc(NC(=O)CN(C)C(=O)Cc2c(C)nn(-c3ccc(C)c(Cl)c3)c2C)c1. The van der Waals surface area contributed by atoms with Crippen LogP contribution in [-0.2, 0) is 16.0 Å². The monoisotopic (exact) mass is 448 g/mol. The van der Waals surface area contributed by atoms with Gasteiger partial charge in [0.05, 0.1) is 24.3 Å². The molecule has 164 valence electrons. The maximum atomic E-state index is 12.8. The molecule has 0 fully saturated rings. The number of halogens is 1. The fourth-order valence-electron chi connectivity index (χ4n) is 3.37. The summed E-state index contributed by atoms with van der Waals surface area (Å²) in [6.45, 7) is 5.66. The van der Waals surface area contributed by atoms with E-state index in [9.17, 15) is 9.59 Å². The van der Waals surface area contributed by atoms with Crippen LogP contribution >= 0.6 is 11.6 Å². The van der Waals surface area contributed by atoms with Crippen LogP contribution in [0.25, 0.3) is 5.69 Å². The van der Waals surface area contributed by atoms with Gasteiger partial charge in [0.2, 0.25) is 11.8 Å². The van der Waals surface area contributed by atoms with E-state index in [0.29, 0.717) is 16.3 Å². The Labute approximate surface area is 193 Å². The predicted octanol–water partition coefficient (Wildman–Crippen LogP) is 4.07. The smallest absolute Gasteiger partial charge is 0.243 e. The van der Waals surface area contributed by atoms with Crippen LogP contribution < -0.4 is 5.32 Å². The molecule has 3 rings (SSSR count). The third-order valence-electron chi connectivity index (χ3n) is 5.29. The van der Waals surface area contributed by atoms with Gasteiger partial charge in [-0.05, 0) is 56.7 Å². The van der Waals surface area contributed by atoms with Crippen LogP contribution in [0.15, 0.2) is 42.5 Å². The zero-order valence-corrected chi connectivity index (χ0v) is 19.3. The van der Waals surface area contributed by atoms with Crippen molar-refractivity contribution in [3.8, 4) is 18.0 Å². The lowest BCUT2D eigenvalue weighted by atomic mass is 10.1. The molecule has 0 aliphatic carbocycles. The zero-order valence-electron chi connectivity index (χ0n) is 18.6. The number of nitrogens with zero attached hydrogens (tertiary/aromatic N) is 3. The van der Waals surface area contributed by atoms with E-state index in [1.165, 1.54) is 4.90 Å². The minimum Gasteiger partial charge on any atom is -0.336 e. The summed E-state index contributed by atoms with van der Waals surface area (Å²) in [5.74, 6) is 2.05. The third-order valence-corrected chi connectivity index (χ3v) is 5.70. The molecule has 0 radical (unpaired) electrons. The summed E-state index contributed by atoms with van der Waals surface area (Å²) >= 11 is 6.26. The molecule has 3 aromatic rings. The highest BCUT2D eigenvalue weighted by Crippen LogP contribution is 2.23. The van der Waals surface area contributed by atoms with Crippen molar-refractivity contribution in [2.24, 2.45) is 0 Å². The van der Waals surface area contributed by atoms with E-state index in [2.05, 4.69) is 16.3 Å². The van der Waals surface area contributed by atoms with E-state index >= 15 is 0 Å². The van der Waals surface area contributed by atoms with Gasteiger partial charge in [-0.25, -0.2) is 4.68 Å². The average Bonchev–Trinajstić information content (AvgIpc) is 3.03. The lowest BCUT2D eigenvalue weighted by Crippen LogP contribution is -2.36. The molecule has 0 spiro atoms. The summed E-state index contributed by atoms with van der Waals surface area (Å²) in [4.78, 5) is 26.6. The van der Waals surface area contributed by atoms with E-state index in [1.54, 1.807) is 36.0 Å². The lowest BCUT2D eigenvalue weighted by Gasteiger charge is -2.17. The van der Waals surface area contributed by atoms with Crippen LogP contribution in [-0.4, -0.2) is 40.1 Å². The second-order valence-electron chi connectivity index (χ2n) is 7.69. The van der Waals surface area contributed by atoms with Gasteiger partial charge in [-0.2, -0.15) is 5.10 Å². The Bertz CT molecular complexity index is 1220. The van der Waals surface area contributed by atoms with Gasteiger partial charge in [0, 0.05) is 34.6 Å². The number of carbonyl (C=O) groups excluding carboxylic acids is 2. The molecule has 1 aromatic heterocycles. The highest BCUT2D eigenvalue weighted by molar-refractivity contribution is 6.31. The first-order valence-electron chi connectivity index (χ1n) is 10.1. The van der Waals surface area contributed by atoms with Crippen LogP contribution in [0.2, 0.25) is 5.02 Å². The molecule has 1 N–H and O–H groups in total. The summed E-state index contributed by atoms with van der Waals surface area (Å²) in [6, 6.07) is 12.7. The van der Waals surface area contributed by atoms with Gasteiger partial charge in [-0.15, -0.1) is 6.42 Å². The van der Waals surface area contributed by atoms with Crippen molar-refractivity contribution in [3.05, 3.63) is 75.6 Å². The molecule has 6 nitrogen and oxygen atoms in total. The van der Waals surface area contributed by atoms with Crippen LogP contribution in [0.1, 0.15) is 28.1 Å². The molecule has 32 heavy (non-hydrogen) atoms. The van der Waals surface area contributed by atoms with Gasteiger partial charge in [0.15, 0.2) is 0 Å². The van der Waals surface area contributed by atoms with Gasteiger partial charge < -0.3 is 10.2 Å². The number of hydrogen-bond donors (Lipinski definition) is 1. The molecule has 7 heteroatoms. The highest BCUT2D eigenvalue weighted by Gasteiger charge is 2.20. The van der Waals surface area contributed by atoms with E-state index < -0.39 is 0 Å². The molecule has 0 saturated heterocycles. The molecule has 0 atom stereocenters. The Morgan fingerprint density at radius 3 is 2.62 bits per heavy atom. The first kappa shape index (κ1) is 23.1. The van der Waals surface area contributed by atoms with Gasteiger partial charge in [-0.3, -0.25) is 9.59 Å².